The van der Waals surface area contributed by atoms with E-state index in [-0.39, 0.29) is 31.1 Å². The summed E-state index contributed by atoms with van der Waals surface area (Å²) in [6.07, 6.45) is 56.9. The Kier molecular flexibility index (Phi) is 51.1. The Bertz CT molecular complexity index is 964. The number of hydrogen-bond donors (Lipinski definition) is 0. The fraction of sp³-hybridized carbons (Fsp3) is 0.948. The van der Waals surface area contributed by atoms with Gasteiger partial charge in [0.2, 0.25) is 0 Å². The highest BCUT2D eigenvalue weighted by molar-refractivity contribution is 5.71. The van der Waals surface area contributed by atoms with Crippen LogP contribution in [0.25, 0.3) is 0 Å². The van der Waals surface area contributed by atoms with Crippen molar-refractivity contribution in [2.24, 2.45) is 5.92 Å². The van der Waals surface area contributed by atoms with Crippen molar-refractivity contribution in [3.05, 3.63) is 0 Å². The van der Waals surface area contributed by atoms with Crippen molar-refractivity contribution in [2.45, 2.75) is 336 Å². The minimum atomic E-state index is -0.760. The maximum absolute atomic E-state index is 12.8. The van der Waals surface area contributed by atoms with E-state index in [4.69, 9.17) is 14.2 Å². The monoisotopic (exact) mass is 905 g/mol. The Morgan fingerprint density at radius 1 is 0.297 bits per heavy atom. The molecule has 0 aliphatic rings. The summed E-state index contributed by atoms with van der Waals surface area (Å²) in [5, 5.41) is 0. The van der Waals surface area contributed by atoms with E-state index in [0.29, 0.717) is 19.3 Å². The van der Waals surface area contributed by atoms with Gasteiger partial charge in [-0.05, 0) is 25.2 Å². The molecule has 0 saturated carbocycles. The summed E-state index contributed by atoms with van der Waals surface area (Å²) in [5.41, 5.74) is 0. The molecule has 0 radical (unpaired) electrons. The van der Waals surface area contributed by atoms with Gasteiger partial charge < -0.3 is 14.2 Å². The molecule has 0 aliphatic heterocycles. The second-order valence-corrected chi connectivity index (χ2v) is 20.4. The van der Waals surface area contributed by atoms with E-state index >= 15 is 0 Å². The third-order valence-corrected chi connectivity index (χ3v) is 13.3. The van der Waals surface area contributed by atoms with Crippen LogP contribution >= 0.6 is 0 Å². The van der Waals surface area contributed by atoms with Crippen LogP contribution in [0.15, 0.2) is 0 Å². The fourth-order valence-corrected chi connectivity index (χ4v) is 8.92. The van der Waals surface area contributed by atoms with Crippen molar-refractivity contribution in [1.29, 1.82) is 0 Å². The standard InChI is InChI=1S/C58H112O6/c1-5-7-9-11-13-14-15-16-17-18-22-26-29-32-35-39-43-47-51-58(61)64-55(52-62-56(59)49-45-41-36-12-10-8-6-2)53-63-57(60)50-46-42-38-34-31-28-25-23-20-19-21-24-27-30-33-37-40-44-48-54(3)4/h54-55H,5-53H2,1-4H3/t55-/m0/s1. The normalized spacial score (nSPS) is 12.0. The number of hydrogen-bond acceptors (Lipinski definition) is 6. The van der Waals surface area contributed by atoms with Crippen LogP contribution in [-0.4, -0.2) is 37.2 Å². The SMILES string of the molecule is CCCCCCCCCCCCCCCCCCCCC(=O)O[C@@H](COC(=O)CCCCCCCCC)COC(=O)CCCCCCCCCCCCCCCCCCCCC(C)C. The van der Waals surface area contributed by atoms with E-state index in [1.54, 1.807) is 0 Å². The highest BCUT2D eigenvalue weighted by atomic mass is 16.6. The number of unbranched alkanes of at least 4 members (excludes halogenated alkanes) is 40. The molecule has 0 rings (SSSR count). The zero-order valence-electron chi connectivity index (χ0n) is 43.8. The summed E-state index contributed by atoms with van der Waals surface area (Å²) < 4.78 is 16.8. The van der Waals surface area contributed by atoms with Crippen molar-refractivity contribution < 1.29 is 28.6 Å². The van der Waals surface area contributed by atoms with Crippen LogP contribution in [0, 0.1) is 5.92 Å². The van der Waals surface area contributed by atoms with Crippen LogP contribution in [0.3, 0.4) is 0 Å². The summed E-state index contributed by atoms with van der Waals surface area (Å²) >= 11 is 0. The maximum Gasteiger partial charge on any atom is 0.306 e. The van der Waals surface area contributed by atoms with Gasteiger partial charge in [-0.15, -0.1) is 0 Å². The predicted octanol–water partition coefficient (Wildman–Crippen LogP) is 19.0. The molecule has 0 heterocycles. The average Bonchev–Trinajstić information content (AvgIpc) is 3.28. The van der Waals surface area contributed by atoms with Crippen molar-refractivity contribution in [3.63, 3.8) is 0 Å². The lowest BCUT2D eigenvalue weighted by atomic mass is 10.0. The minimum absolute atomic E-state index is 0.0624. The minimum Gasteiger partial charge on any atom is -0.462 e. The molecule has 0 unspecified atom stereocenters. The molecule has 6 nitrogen and oxygen atoms in total. The van der Waals surface area contributed by atoms with Crippen molar-refractivity contribution in [3.8, 4) is 0 Å². The second-order valence-electron chi connectivity index (χ2n) is 20.4. The molecule has 0 aromatic rings. The maximum atomic E-state index is 12.8. The molecule has 0 bridgehead atoms. The molecule has 0 fully saturated rings. The molecule has 0 amide bonds. The van der Waals surface area contributed by atoms with Crippen molar-refractivity contribution >= 4 is 17.9 Å². The van der Waals surface area contributed by atoms with E-state index in [1.807, 2.05) is 0 Å². The first kappa shape index (κ1) is 62.4. The van der Waals surface area contributed by atoms with Crippen LogP contribution in [0.2, 0.25) is 0 Å². The van der Waals surface area contributed by atoms with E-state index in [1.165, 1.54) is 225 Å². The summed E-state index contributed by atoms with van der Waals surface area (Å²) in [7, 11) is 0. The zero-order chi connectivity index (χ0) is 46.7. The van der Waals surface area contributed by atoms with Gasteiger partial charge in [-0.25, -0.2) is 0 Å². The van der Waals surface area contributed by atoms with Gasteiger partial charge in [-0.2, -0.15) is 0 Å². The van der Waals surface area contributed by atoms with Crippen LogP contribution in [0.4, 0.5) is 0 Å². The van der Waals surface area contributed by atoms with Gasteiger partial charge in [0.25, 0.3) is 0 Å². The van der Waals surface area contributed by atoms with E-state index < -0.39 is 6.10 Å². The molecule has 0 aromatic carbocycles. The third-order valence-electron chi connectivity index (χ3n) is 13.3. The first-order chi connectivity index (χ1) is 31.4. The topological polar surface area (TPSA) is 78.9 Å². The molecule has 6 heteroatoms. The van der Waals surface area contributed by atoms with Crippen LogP contribution < -0.4 is 0 Å². The first-order valence-corrected chi connectivity index (χ1v) is 28.9. The van der Waals surface area contributed by atoms with E-state index in [9.17, 15) is 14.4 Å². The van der Waals surface area contributed by atoms with Gasteiger partial charge in [0.1, 0.15) is 13.2 Å². The lowest BCUT2D eigenvalue weighted by Crippen LogP contribution is -2.30. The van der Waals surface area contributed by atoms with Crippen molar-refractivity contribution in [2.75, 3.05) is 13.2 Å². The number of rotatable bonds is 53. The Balaban J connectivity index is 4.11. The average molecular weight is 906 g/mol. The summed E-state index contributed by atoms with van der Waals surface area (Å²) in [6, 6.07) is 0. The van der Waals surface area contributed by atoms with Gasteiger partial charge in [0.15, 0.2) is 6.10 Å². The molecular weight excluding hydrogens is 793 g/mol. The molecule has 0 saturated heterocycles. The number of esters is 3. The van der Waals surface area contributed by atoms with Gasteiger partial charge in [0.05, 0.1) is 0 Å². The number of carbonyl (C=O) groups excluding carboxylic acids is 3. The lowest BCUT2D eigenvalue weighted by molar-refractivity contribution is -0.167. The van der Waals surface area contributed by atoms with E-state index in [2.05, 4.69) is 27.7 Å². The Morgan fingerprint density at radius 3 is 0.766 bits per heavy atom. The Labute approximate surface area is 399 Å². The van der Waals surface area contributed by atoms with Gasteiger partial charge in [-0.3, -0.25) is 14.4 Å². The molecule has 1 atom stereocenters. The summed E-state index contributed by atoms with van der Waals surface area (Å²) in [6.45, 7) is 9.03. The van der Waals surface area contributed by atoms with Crippen molar-refractivity contribution in [1.82, 2.24) is 0 Å². The van der Waals surface area contributed by atoms with Gasteiger partial charge in [0, 0.05) is 19.3 Å². The Hall–Kier alpha value is -1.59. The largest absolute Gasteiger partial charge is 0.462 e. The molecular formula is C58H112O6. The zero-order valence-corrected chi connectivity index (χ0v) is 43.8. The molecule has 0 N–H and O–H groups in total. The number of carbonyl (C=O) groups is 3. The fourth-order valence-electron chi connectivity index (χ4n) is 8.92. The highest BCUT2D eigenvalue weighted by Gasteiger charge is 2.19. The molecule has 64 heavy (non-hydrogen) atoms. The number of ether oxygens (including phenoxy) is 3. The quantitative estimate of drug-likeness (QED) is 0.0344. The van der Waals surface area contributed by atoms with Crippen LogP contribution in [-0.2, 0) is 28.6 Å². The first-order valence-electron chi connectivity index (χ1n) is 28.9. The third kappa shape index (κ3) is 51.4. The van der Waals surface area contributed by atoms with Gasteiger partial charge in [-0.1, -0.05) is 291 Å². The molecule has 0 aliphatic carbocycles. The van der Waals surface area contributed by atoms with Crippen LogP contribution in [0.5, 0.6) is 0 Å². The van der Waals surface area contributed by atoms with Crippen LogP contribution in [0.1, 0.15) is 329 Å². The second kappa shape index (κ2) is 52.4. The highest BCUT2D eigenvalue weighted by Crippen LogP contribution is 2.18. The molecule has 380 valence electrons. The van der Waals surface area contributed by atoms with E-state index in [0.717, 1.165) is 63.7 Å². The molecule has 0 aromatic heterocycles. The van der Waals surface area contributed by atoms with Gasteiger partial charge >= 0.3 is 17.9 Å². The Morgan fingerprint density at radius 2 is 0.516 bits per heavy atom. The summed E-state index contributed by atoms with van der Waals surface area (Å²) in [5.74, 6) is 0.0153. The lowest BCUT2D eigenvalue weighted by Gasteiger charge is -2.18. The molecule has 0 spiro atoms. The smallest absolute Gasteiger partial charge is 0.306 e. The predicted molar refractivity (Wildman–Crippen MR) is 275 cm³/mol. The summed E-state index contributed by atoms with van der Waals surface area (Å²) in [4.78, 5) is 37.9.